The van der Waals surface area contributed by atoms with Gasteiger partial charge in [0.2, 0.25) is 0 Å². The van der Waals surface area contributed by atoms with Crippen LogP contribution in [0.3, 0.4) is 0 Å². The summed E-state index contributed by atoms with van der Waals surface area (Å²) in [5, 5.41) is 10.2. The van der Waals surface area contributed by atoms with Gasteiger partial charge in [0.1, 0.15) is 5.78 Å². The largest absolute Gasteiger partial charge is 0.392 e. The molecule has 0 amide bonds. The molecule has 15 heavy (non-hydrogen) atoms. The summed E-state index contributed by atoms with van der Waals surface area (Å²) in [7, 11) is 0. The molecule has 0 aliphatic heterocycles. The minimum absolute atomic E-state index is 0.0951. The van der Waals surface area contributed by atoms with Gasteiger partial charge in [0, 0.05) is 16.5 Å². The van der Waals surface area contributed by atoms with Gasteiger partial charge in [-0.1, -0.05) is 26.0 Å². The zero-order valence-electron chi connectivity index (χ0n) is 13.4. The molecule has 0 aromatic heterocycles. The Morgan fingerprint density at radius 3 is 3.07 bits per heavy atom. The molecule has 1 saturated carbocycles. The number of rotatable bonds is 4. The van der Waals surface area contributed by atoms with Crippen molar-refractivity contribution in [3.8, 4) is 0 Å². The van der Waals surface area contributed by atoms with Crippen molar-refractivity contribution < 1.29 is 15.4 Å². The molecule has 1 rings (SSSR count). The molecule has 0 spiro atoms. The van der Waals surface area contributed by atoms with E-state index in [0.717, 1.165) is 6.42 Å². The van der Waals surface area contributed by atoms with Crippen LogP contribution >= 0.6 is 0 Å². The Balaban J connectivity index is 2.63. The van der Waals surface area contributed by atoms with Gasteiger partial charge in [-0.2, -0.15) is 0 Å². The van der Waals surface area contributed by atoms with Crippen molar-refractivity contribution in [1.82, 2.24) is 0 Å². The van der Waals surface area contributed by atoms with E-state index in [4.69, 9.17) is 5.48 Å². The van der Waals surface area contributed by atoms with Crippen LogP contribution < -0.4 is 0 Å². The lowest BCUT2D eigenvalue weighted by Gasteiger charge is -2.25. The van der Waals surface area contributed by atoms with Crippen molar-refractivity contribution in [3.63, 3.8) is 0 Å². The van der Waals surface area contributed by atoms with Gasteiger partial charge in [-0.3, -0.25) is 4.79 Å². The summed E-state index contributed by atoms with van der Waals surface area (Å²) in [4.78, 5) is 11.7. The van der Waals surface area contributed by atoms with Crippen molar-refractivity contribution >= 4 is 5.78 Å². The van der Waals surface area contributed by atoms with Crippen LogP contribution in [0, 0.1) is 17.8 Å². The van der Waals surface area contributed by atoms with E-state index in [2.05, 4.69) is 0 Å². The molecule has 2 heteroatoms. The average molecular weight is 214 g/mol. The first-order valence-electron chi connectivity index (χ1n) is 7.52. The van der Waals surface area contributed by atoms with Gasteiger partial charge >= 0.3 is 0 Å². The molecular weight excluding hydrogens is 188 g/mol. The molecule has 0 radical (unpaired) electrons. The molecule has 1 N–H and O–H groups in total. The van der Waals surface area contributed by atoms with E-state index in [9.17, 15) is 9.90 Å². The monoisotopic (exact) mass is 214 g/mol. The minimum atomic E-state index is -2.40. The number of hydrogen-bond acceptors (Lipinski definition) is 2. The molecule has 0 bridgehead atoms. The topological polar surface area (TPSA) is 37.3 Å². The van der Waals surface area contributed by atoms with Crippen molar-refractivity contribution in [2.24, 2.45) is 17.8 Å². The van der Waals surface area contributed by atoms with E-state index in [0.29, 0.717) is 12.8 Å². The molecular formula is C13H22O2. The highest BCUT2D eigenvalue weighted by molar-refractivity contribution is 5.83. The highest BCUT2D eigenvalue weighted by atomic mass is 16.3. The predicted molar refractivity (Wildman–Crippen MR) is 61.5 cm³/mol. The number of aliphatic hydroxyl groups excluding tert-OH is 1. The maximum absolute atomic E-state index is 11.7. The van der Waals surface area contributed by atoms with Gasteiger partial charge in [0.15, 0.2) is 0 Å². The van der Waals surface area contributed by atoms with E-state index in [1.807, 2.05) is 6.92 Å². The second kappa shape index (κ2) is 5.45. The Kier molecular flexibility index (Phi) is 2.77. The number of allylic oxidation sites excluding steroid dienone is 2. The lowest BCUT2D eigenvalue weighted by Crippen LogP contribution is -2.33. The van der Waals surface area contributed by atoms with Crippen LogP contribution in [-0.4, -0.2) is 17.0 Å². The summed E-state index contributed by atoms with van der Waals surface area (Å²) in [6.07, 6.45) is 2.19. The summed E-state index contributed by atoms with van der Waals surface area (Å²) in [6, 6.07) is -0.405. The van der Waals surface area contributed by atoms with Gasteiger partial charge < -0.3 is 5.11 Å². The number of carbonyl (C=O) groups is 1. The zero-order chi connectivity index (χ0) is 14.8. The number of aliphatic hydroxyl groups is 1. The Hall–Kier alpha value is -0.630. The van der Waals surface area contributed by atoms with Crippen LogP contribution in [0.1, 0.15) is 45.4 Å². The second-order valence-electron chi connectivity index (χ2n) is 4.56. The standard InChI is InChI=1S/C13H22O2/c1-4-5-6-10(3)13(15)12-9(2)7-8-11(12)14/h4-5,9-10,12-13,15H,6-8H2,1-3H3/t9?,10-,12-,13-/m1/s1/i1D3,4D. The maximum atomic E-state index is 11.7. The van der Waals surface area contributed by atoms with E-state index >= 15 is 0 Å². The van der Waals surface area contributed by atoms with E-state index in [1.165, 1.54) is 6.08 Å². The summed E-state index contributed by atoms with van der Waals surface area (Å²) in [6.45, 7) is 1.34. The molecule has 1 aliphatic carbocycles. The third-order valence-electron chi connectivity index (χ3n) is 3.37. The van der Waals surface area contributed by atoms with Gasteiger partial charge in [0.05, 0.1) is 7.47 Å². The minimum Gasteiger partial charge on any atom is -0.392 e. The van der Waals surface area contributed by atoms with Gasteiger partial charge in [-0.15, -0.1) is 0 Å². The summed E-state index contributed by atoms with van der Waals surface area (Å²) < 4.78 is 28.6. The third kappa shape index (κ3) is 2.91. The molecule has 1 fully saturated rings. The van der Waals surface area contributed by atoms with Crippen LogP contribution in [0.4, 0.5) is 0 Å². The second-order valence-corrected chi connectivity index (χ2v) is 4.56. The molecule has 1 aliphatic rings. The first-order chi connectivity index (χ1) is 8.64. The van der Waals surface area contributed by atoms with Crippen LogP contribution in [0.5, 0.6) is 0 Å². The highest BCUT2D eigenvalue weighted by Crippen LogP contribution is 2.34. The number of carbonyl (C=O) groups excluding carboxylic acids is 1. The molecule has 0 saturated heterocycles. The third-order valence-corrected chi connectivity index (χ3v) is 3.37. The fourth-order valence-corrected chi connectivity index (χ4v) is 2.30. The molecule has 0 aromatic rings. The SMILES string of the molecule is [2H]C(=CC[C@@H](C)[C@@H](O)[C@H]1C(=O)CCC1C)C([2H])([2H])[2H]. The first-order valence-corrected chi connectivity index (χ1v) is 5.52. The molecule has 4 atom stereocenters. The smallest absolute Gasteiger partial charge is 0.138 e. The predicted octanol–water partition coefficient (Wildman–Crippen LogP) is 2.56. The van der Waals surface area contributed by atoms with Crippen molar-refractivity contribution in [2.45, 2.75) is 46.1 Å². The van der Waals surface area contributed by atoms with Crippen molar-refractivity contribution in [2.75, 3.05) is 0 Å². The Morgan fingerprint density at radius 1 is 1.80 bits per heavy atom. The van der Waals surface area contributed by atoms with E-state index < -0.39 is 19.0 Å². The van der Waals surface area contributed by atoms with Gasteiger partial charge in [-0.25, -0.2) is 0 Å². The zero-order valence-corrected chi connectivity index (χ0v) is 9.36. The van der Waals surface area contributed by atoms with Gasteiger partial charge in [-0.05, 0) is 31.5 Å². The molecule has 0 heterocycles. The lowest BCUT2D eigenvalue weighted by molar-refractivity contribution is -0.125. The van der Waals surface area contributed by atoms with Gasteiger partial charge in [0.25, 0.3) is 0 Å². The normalized spacial score (nSPS) is 36.5. The maximum Gasteiger partial charge on any atom is 0.138 e. The first kappa shape index (κ1) is 7.61. The van der Waals surface area contributed by atoms with Crippen molar-refractivity contribution in [1.29, 1.82) is 0 Å². The quantitative estimate of drug-likeness (QED) is 0.730. The molecule has 0 aromatic carbocycles. The number of ketones is 1. The van der Waals surface area contributed by atoms with Crippen molar-refractivity contribution in [3.05, 3.63) is 12.1 Å². The van der Waals surface area contributed by atoms with E-state index in [-0.39, 0.29) is 23.5 Å². The fraction of sp³-hybridized carbons (Fsp3) is 0.769. The Bertz CT molecular complexity index is 362. The van der Waals surface area contributed by atoms with Crippen LogP contribution in [-0.2, 0) is 4.79 Å². The Labute approximate surface area is 98.0 Å². The number of Topliss-reactive ketones (excluding diaryl/α,β-unsaturated/α-hetero) is 1. The van der Waals surface area contributed by atoms with Crippen LogP contribution in [0.25, 0.3) is 0 Å². The summed E-state index contributed by atoms with van der Waals surface area (Å²) >= 11 is 0. The Morgan fingerprint density at radius 2 is 2.53 bits per heavy atom. The van der Waals surface area contributed by atoms with Crippen LogP contribution in [0.2, 0.25) is 0 Å². The molecule has 86 valence electrons. The lowest BCUT2D eigenvalue weighted by atomic mass is 9.83. The number of hydrogen-bond donors (Lipinski definition) is 1. The fourth-order valence-electron chi connectivity index (χ4n) is 2.30. The summed E-state index contributed by atoms with van der Waals surface area (Å²) in [5.41, 5.74) is 0. The molecule has 2 nitrogen and oxygen atoms in total. The van der Waals surface area contributed by atoms with E-state index in [1.54, 1.807) is 6.92 Å². The highest BCUT2D eigenvalue weighted by Gasteiger charge is 2.38. The van der Waals surface area contributed by atoms with Crippen LogP contribution in [0.15, 0.2) is 12.1 Å². The summed E-state index contributed by atoms with van der Waals surface area (Å²) in [5.74, 6) is -0.299. The molecule has 1 unspecified atom stereocenters. The average Bonchev–Trinajstić information content (AvgIpc) is 2.63.